The van der Waals surface area contributed by atoms with Crippen molar-refractivity contribution >= 4 is 34.5 Å². The van der Waals surface area contributed by atoms with Crippen LogP contribution in [0.5, 0.6) is 5.75 Å². The molecular formula is C21H26N6O2S. The number of amides is 1. The molecule has 0 radical (unpaired) electrons. The molecule has 0 saturated carbocycles. The standard InChI is InChI=1S/C21H26N6O2S/c1-30-21-24-19(26-11-6-3-7-12-26)17-14-23-27(20(17)25-21)13-10-22-18(28)15-29-16-8-4-2-5-9-16/h2,4-5,8-9,14H,3,6-7,10-13,15H2,1H3,(H,22,28). The van der Waals surface area contributed by atoms with Gasteiger partial charge in [0.2, 0.25) is 0 Å². The number of nitrogens with one attached hydrogen (secondary N) is 1. The summed E-state index contributed by atoms with van der Waals surface area (Å²) in [6.07, 6.45) is 7.46. The molecule has 2 aromatic heterocycles. The highest BCUT2D eigenvalue weighted by atomic mass is 32.2. The van der Waals surface area contributed by atoms with Gasteiger partial charge < -0.3 is 15.0 Å². The number of benzene rings is 1. The van der Waals surface area contributed by atoms with Gasteiger partial charge >= 0.3 is 0 Å². The summed E-state index contributed by atoms with van der Waals surface area (Å²) in [5.74, 6) is 1.48. The minimum atomic E-state index is -0.163. The summed E-state index contributed by atoms with van der Waals surface area (Å²) >= 11 is 1.53. The molecule has 1 aliphatic rings. The number of carbonyl (C=O) groups excluding carboxylic acids is 1. The third-order valence-corrected chi connectivity index (χ3v) is 5.60. The Kier molecular flexibility index (Phi) is 6.68. The number of hydrogen-bond acceptors (Lipinski definition) is 7. The number of piperidine rings is 1. The number of para-hydroxylation sites is 1. The summed E-state index contributed by atoms with van der Waals surface area (Å²) in [7, 11) is 0. The molecule has 1 aliphatic heterocycles. The maximum Gasteiger partial charge on any atom is 0.258 e. The van der Waals surface area contributed by atoms with Crippen molar-refractivity contribution < 1.29 is 9.53 Å². The molecule has 0 spiro atoms. The average molecular weight is 427 g/mol. The summed E-state index contributed by atoms with van der Waals surface area (Å²) in [4.78, 5) is 23.8. The third-order valence-electron chi connectivity index (χ3n) is 5.05. The minimum absolute atomic E-state index is 0.0121. The lowest BCUT2D eigenvalue weighted by atomic mass is 10.1. The molecule has 1 fully saturated rings. The molecule has 0 atom stereocenters. The number of hydrogen-bond donors (Lipinski definition) is 1. The molecule has 30 heavy (non-hydrogen) atoms. The average Bonchev–Trinajstić information content (AvgIpc) is 3.21. The van der Waals surface area contributed by atoms with Crippen LogP contribution in [0.15, 0.2) is 41.7 Å². The normalized spacial score (nSPS) is 14.1. The monoisotopic (exact) mass is 426 g/mol. The van der Waals surface area contributed by atoms with Gasteiger partial charge in [0.15, 0.2) is 17.4 Å². The SMILES string of the molecule is CSc1nc(N2CCCCC2)c2cnn(CCNC(=O)COc3ccccc3)c2n1. The second-order valence-corrected chi connectivity index (χ2v) is 7.91. The van der Waals surface area contributed by atoms with E-state index in [2.05, 4.69) is 20.3 Å². The van der Waals surface area contributed by atoms with Gasteiger partial charge in [0.1, 0.15) is 11.6 Å². The van der Waals surface area contributed by atoms with Gasteiger partial charge in [0.05, 0.1) is 18.1 Å². The van der Waals surface area contributed by atoms with Crippen LogP contribution in [-0.4, -0.2) is 58.2 Å². The molecule has 1 N–H and O–H groups in total. The fourth-order valence-corrected chi connectivity index (χ4v) is 3.90. The van der Waals surface area contributed by atoms with Gasteiger partial charge in [-0.15, -0.1) is 0 Å². The van der Waals surface area contributed by atoms with Gasteiger partial charge in [0, 0.05) is 19.6 Å². The van der Waals surface area contributed by atoms with Crippen LogP contribution >= 0.6 is 11.8 Å². The summed E-state index contributed by atoms with van der Waals surface area (Å²) in [5.41, 5.74) is 0.810. The van der Waals surface area contributed by atoms with Crippen molar-refractivity contribution in [3.8, 4) is 5.75 Å². The Morgan fingerprint density at radius 1 is 1.17 bits per heavy atom. The molecule has 0 unspecified atom stereocenters. The summed E-state index contributed by atoms with van der Waals surface area (Å²) in [5, 5.41) is 9.10. The molecule has 4 rings (SSSR count). The molecule has 8 nitrogen and oxygen atoms in total. The largest absolute Gasteiger partial charge is 0.484 e. The topological polar surface area (TPSA) is 85.2 Å². The summed E-state index contributed by atoms with van der Waals surface area (Å²) in [6.45, 7) is 3.00. The van der Waals surface area contributed by atoms with E-state index in [9.17, 15) is 4.79 Å². The molecule has 1 aromatic carbocycles. The first-order chi connectivity index (χ1) is 14.7. The van der Waals surface area contributed by atoms with Crippen LogP contribution in [0, 0.1) is 0 Å². The van der Waals surface area contributed by atoms with Gasteiger partial charge in [-0.05, 0) is 37.7 Å². The molecule has 9 heteroatoms. The van der Waals surface area contributed by atoms with Crippen molar-refractivity contribution in [1.82, 2.24) is 25.1 Å². The Morgan fingerprint density at radius 3 is 2.73 bits per heavy atom. The van der Waals surface area contributed by atoms with Crippen LogP contribution in [0.1, 0.15) is 19.3 Å². The van der Waals surface area contributed by atoms with Gasteiger partial charge in [-0.1, -0.05) is 30.0 Å². The van der Waals surface area contributed by atoms with Gasteiger partial charge in [0.25, 0.3) is 5.91 Å². The van der Waals surface area contributed by atoms with E-state index in [0.29, 0.717) is 18.8 Å². The van der Waals surface area contributed by atoms with E-state index in [0.717, 1.165) is 35.1 Å². The third kappa shape index (κ3) is 4.84. The number of fused-ring (bicyclic) bond motifs is 1. The lowest BCUT2D eigenvalue weighted by molar-refractivity contribution is -0.123. The van der Waals surface area contributed by atoms with Crippen LogP contribution in [0.2, 0.25) is 0 Å². The zero-order valence-electron chi connectivity index (χ0n) is 17.1. The van der Waals surface area contributed by atoms with Crippen LogP contribution in [0.25, 0.3) is 11.0 Å². The zero-order valence-corrected chi connectivity index (χ0v) is 17.9. The molecule has 3 aromatic rings. The predicted molar refractivity (Wildman–Crippen MR) is 118 cm³/mol. The first kappa shape index (κ1) is 20.5. The van der Waals surface area contributed by atoms with E-state index in [1.165, 1.54) is 31.0 Å². The quantitative estimate of drug-likeness (QED) is 0.438. The van der Waals surface area contributed by atoms with Crippen LogP contribution in [-0.2, 0) is 11.3 Å². The van der Waals surface area contributed by atoms with Crippen LogP contribution in [0.4, 0.5) is 5.82 Å². The predicted octanol–water partition coefficient (Wildman–Crippen LogP) is 2.73. The molecule has 1 saturated heterocycles. The molecule has 0 bridgehead atoms. The summed E-state index contributed by atoms with van der Waals surface area (Å²) in [6, 6.07) is 9.31. The Hall–Kier alpha value is -2.81. The van der Waals surface area contributed by atoms with Crippen LogP contribution in [0.3, 0.4) is 0 Å². The Balaban J connectivity index is 1.40. The lowest BCUT2D eigenvalue weighted by Crippen LogP contribution is -2.32. The lowest BCUT2D eigenvalue weighted by Gasteiger charge is -2.28. The van der Waals surface area contributed by atoms with E-state index in [1.54, 1.807) is 0 Å². The van der Waals surface area contributed by atoms with Gasteiger partial charge in [-0.2, -0.15) is 5.10 Å². The van der Waals surface area contributed by atoms with Crippen molar-refractivity contribution in [3.63, 3.8) is 0 Å². The number of nitrogens with zero attached hydrogens (tertiary/aromatic N) is 5. The van der Waals surface area contributed by atoms with E-state index in [1.807, 2.05) is 47.5 Å². The molecule has 3 heterocycles. The Labute approximate surface area is 180 Å². The highest BCUT2D eigenvalue weighted by molar-refractivity contribution is 7.98. The van der Waals surface area contributed by atoms with E-state index in [4.69, 9.17) is 9.72 Å². The van der Waals surface area contributed by atoms with E-state index < -0.39 is 0 Å². The maximum absolute atomic E-state index is 12.1. The molecule has 0 aliphatic carbocycles. The molecule has 158 valence electrons. The number of aromatic nitrogens is 4. The highest BCUT2D eigenvalue weighted by Gasteiger charge is 2.19. The minimum Gasteiger partial charge on any atom is -0.484 e. The Morgan fingerprint density at radius 2 is 1.97 bits per heavy atom. The Bertz CT molecular complexity index is 988. The van der Waals surface area contributed by atoms with Crippen molar-refractivity contribution in [2.45, 2.75) is 31.0 Å². The number of rotatable bonds is 8. The number of anilines is 1. The first-order valence-corrected chi connectivity index (χ1v) is 11.4. The van der Waals surface area contributed by atoms with Gasteiger partial charge in [-0.3, -0.25) is 4.79 Å². The van der Waals surface area contributed by atoms with E-state index in [-0.39, 0.29) is 12.5 Å². The number of carbonyl (C=O) groups is 1. The van der Waals surface area contributed by atoms with Crippen molar-refractivity contribution in [2.75, 3.05) is 37.4 Å². The highest BCUT2D eigenvalue weighted by Crippen LogP contribution is 2.28. The summed E-state index contributed by atoms with van der Waals surface area (Å²) < 4.78 is 7.31. The smallest absolute Gasteiger partial charge is 0.258 e. The van der Waals surface area contributed by atoms with Crippen LogP contribution < -0.4 is 15.0 Å². The zero-order chi connectivity index (χ0) is 20.8. The fourth-order valence-electron chi connectivity index (χ4n) is 3.54. The number of thioether (sulfide) groups is 1. The fraction of sp³-hybridized carbons (Fsp3) is 0.429. The molecular weight excluding hydrogens is 400 g/mol. The second-order valence-electron chi connectivity index (χ2n) is 7.14. The second kappa shape index (κ2) is 9.80. The van der Waals surface area contributed by atoms with Crippen molar-refractivity contribution in [2.24, 2.45) is 0 Å². The van der Waals surface area contributed by atoms with Crippen molar-refractivity contribution in [3.05, 3.63) is 36.5 Å². The van der Waals surface area contributed by atoms with E-state index >= 15 is 0 Å². The van der Waals surface area contributed by atoms with Gasteiger partial charge in [-0.25, -0.2) is 14.6 Å². The molecule has 1 amide bonds. The first-order valence-electron chi connectivity index (χ1n) is 10.2. The van der Waals surface area contributed by atoms with Crippen molar-refractivity contribution in [1.29, 1.82) is 0 Å². The maximum atomic E-state index is 12.1. The number of ether oxygens (including phenoxy) is 1.